The van der Waals surface area contributed by atoms with Gasteiger partial charge in [-0.3, -0.25) is 9.59 Å². The summed E-state index contributed by atoms with van der Waals surface area (Å²) in [5, 5.41) is 19.9. The number of phenols is 1. The Hall–Kier alpha value is -2.93. The maximum absolute atomic E-state index is 12.2. The largest absolute Gasteiger partial charge is 0.507 e. The van der Waals surface area contributed by atoms with E-state index in [9.17, 15) is 14.7 Å². The Labute approximate surface area is 148 Å². The van der Waals surface area contributed by atoms with Crippen LogP contribution in [0.15, 0.2) is 64.8 Å². The summed E-state index contributed by atoms with van der Waals surface area (Å²) in [5.74, 6) is -0.251. The highest BCUT2D eigenvalue weighted by molar-refractivity contribution is 8.15. The summed E-state index contributed by atoms with van der Waals surface area (Å²) >= 11 is 1.17. The quantitative estimate of drug-likeness (QED) is 0.491. The standard InChI is InChI=1S/C18H15N3O3S/c22-14-9-5-4-8-13(14)11-19-21-18-20-17(24)16(25-18)10-15(23)12-6-2-1-3-7-12/h1-9,11,16,22H,10H2,(H,20,21,24)/b19-11-/t16-/m0/s1. The van der Waals surface area contributed by atoms with Gasteiger partial charge in [0.1, 0.15) is 5.75 Å². The van der Waals surface area contributed by atoms with E-state index in [0.717, 1.165) is 0 Å². The van der Waals surface area contributed by atoms with Gasteiger partial charge in [-0.15, -0.1) is 5.10 Å². The van der Waals surface area contributed by atoms with Crippen molar-refractivity contribution in [3.8, 4) is 5.75 Å². The number of benzene rings is 2. The molecule has 1 heterocycles. The molecule has 0 unspecified atom stereocenters. The number of thioether (sulfide) groups is 1. The van der Waals surface area contributed by atoms with Gasteiger partial charge in [0, 0.05) is 17.5 Å². The van der Waals surface area contributed by atoms with Crippen molar-refractivity contribution >= 4 is 34.8 Å². The second-order valence-electron chi connectivity index (χ2n) is 5.30. The van der Waals surface area contributed by atoms with E-state index in [1.807, 2.05) is 6.07 Å². The third kappa shape index (κ3) is 4.33. The lowest BCUT2D eigenvalue weighted by molar-refractivity contribution is -0.118. The predicted molar refractivity (Wildman–Crippen MR) is 98.0 cm³/mol. The predicted octanol–water partition coefficient (Wildman–Crippen LogP) is 2.59. The molecule has 0 spiro atoms. The van der Waals surface area contributed by atoms with Crippen LogP contribution in [0.4, 0.5) is 0 Å². The monoisotopic (exact) mass is 353 g/mol. The zero-order valence-corrected chi connectivity index (χ0v) is 13.9. The molecular weight excluding hydrogens is 338 g/mol. The molecule has 1 amide bonds. The van der Waals surface area contributed by atoms with E-state index in [1.165, 1.54) is 18.0 Å². The van der Waals surface area contributed by atoms with Crippen molar-refractivity contribution in [3.05, 3.63) is 65.7 Å². The smallest absolute Gasteiger partial charge is 0.240 e. The third-order valence-electron chi connectivity index (χ3n) is 3.53. The van der Waals surface area contributed by atoms with E-state index in [2.05, 4.69) is 15.5 Å². The molecule has 7 heteroatoms. The number of hydrogen-bond acceptors (Lipinski definition) is 6. The Morgan fingerprint density at radius 2 is 1.88 bits per heavy atom. The molecule has 2 N–H and O–H groups in total. The first-order valence-electron chi connectivity index (χ1n) is 7.58. The Morgan fingerprint density at radius 1 is 1.16 bits per heavy atom. The zero-order valence-electron chi connectivity index (χ0n) is 13.1. The van der Waals surface area contributed by atoms with Gasteiger partial charge in [0.2, 0.25) is 5.91 Å². The van der Waals surface area contributed by atoms with Gasteiger partial charge in [-0.25, -0.2) is 0 Å². The van der Waals surface area contributed by atoms with Crippen molar-refractivity contribution in [1.82, 2.24) is 5.32 Å². The summed E-state index contributed by atoms with van der Waals surface area (Å²) in [5.41, 5.74) is 1.11. The lowest BCUT2D eigenvalue weighted by atomic mass is 10.1. The van der Waals surface area contributed by atoms with Gasteiger partial charge in [-0.05, 0) is 12.1 Å². The van der Waals surface area contributed by atoms with E-state index >= 15 is 0 Å². The van der Waals surface area contributed by atoms with Crippen LogP contribution in [0, 0.1) is 0 Å². The van der Waals surface area contributed by atoms with Crippen LogP contribution in [-0.2, 0) is 4.79 Å². The molecule has 1 aliphatic heterocycles. The minimum atomic E-state index is -0.521. The first kappa shape index (κ1) is 16.9. The molecule has 126 valence electrons. The summed E-state index contributed by atoms with van der Waals surface area (Å²) in [6.45, 7) is 0. The molecule has 1 fully saturated rings. The van der Waals surface area contributed by atoms with Crippen molar-refractivity contribution < 1.29 is 14.7 Å². The van der Waals surface area contributed by atoms with Crippen LogP contribution in [0.1, 0.15) is 22.3 Å². The molecule has 1 saturated heterocycles. The number of amidine groups is 1. The number of carbonyl (C=O) groups excluding carboxylic acids is 2. The van der Waals surface area contributed by atoms with Gasteiger partial charge in [-0.1, -0.05) is 54.2 Å². The van der Waals surface area contributed by atoms with Gasteiger partial charge in [0.05, 0.1) is 11.5 Å². The number of hydrogen-bond donors (Lipinski definition) is 2. The molecule has 2 aromatic carbocycles. The van der Waals surface area contributed by atoms with Crippen LogP contribution in [0.3, 0.4) is 0 Å². The van der Waals surface area contributed by atoms with Crippen LogP contribution in [0.25, 0.3) is 0 Å². The van der Waals surface area contributed by atoms with Crippen molar-refractivity contribution in [1.29, 1.82) is 0 Å². The van der Waals surface area contributed by atoms with E-state index in [4.69, 9.17) is 0 Å². The minimum absolute atomic E-state index is 0.0905. The Balaban J connectivity index is 1.62. The number of rotatable bonds is 5. The zero-order chi connectivity index (χ0) is 17.6. The molecule has 0 aromatic heterocycles. The Kier molecular flexibility index (Phi) is 5.25. The van der Waals surface area contributed by atoms with Crippen LogP contribution in [0.2, 0.25) is 0 Å². The van der Waals surface area contributed by atoms with Crippen LogP contribution >= 0.6 is 11.8 Å². The molecule has 0 radical (unpaired) electrons. The van der Waals surface area contributed by atoms with Crippen molar-refractivity contribution in [3.63, 3.8) is 0 Å². The summed E-state index contributed by atoms with van der Waals surface area (Å²) in [6.07, 6.45) is 1.50. The molecule has 0 saturated carbocycles. The highest BCUT2D eigenvalue weighted by Gasteiger charge is 2.32. The minimum Gasteiger partial charge on any atom is -0.507 e. The van der Waals surface area contributed by atoms with Gasteiger partial charge < -0.3 is 10.4 Å². The second-order valence-corrected chi connectivity index (χ2v) is 6.49. The molecular formula is C18H15N3O3S. The Bertz CT molecular complexity index is 850. The molecule has 1 atom stereocenters. The lowest BCUT2D eigenvalue weighted by Crippen LogP contribution is -2.26. The van der Waals surface area contributed by atoms with Gasteiger partial charge in [0.15, 0.2) is 11.0 Å². The molecule has 2 aromatic rings. The van der Waals surface area contributed by atoms with Gasteiger partial charge in [-0.2, -0.15) is 5.10 Å². The number of nitrogens with one attached hydrogen (secondary N) is 1. The number of carbonyl (C=O) groups is 2. The number of nitrogens with zero attached hydrogens (tertiary/aromatic N) is 2. The first-order valence-corrected chi connectivity index (χ1v) is 8.46. The highest BCUT2D eigenvalue weighted by atomic mass is 32.2. The Morgan fingerprint density at radius 3 is 2.64 bits per heavy atom. The molecule has 25 heavy (non-hydrogen) atoms. The summed E-state index contributed by atoms with van der Waals surface area (Å²) < 4.78 is 0. The summed E-state index contributed by atoms with van der Waals surface area (Å²) in [7, 11) is 0. The van der Waals surface area contributed by atoms with Crippen molar-refractivity contribution in [2.24, 2.45) is 10.2 Å². The number of phenolic OH excluding ortho intramolecular Hbond substituents is 1. The van der Waals surface area contributed by atoms with Crippen molar-refractivity contribution in [2.45, 2.75) is 11.7 Å². The van der Waals surface area contributed by atoms with Crippen LogP contribution < -0.4 is 5.32 Å². The molecule has 0 bridgehead atoms. The number of ketones is 1. The van der Waals surface area contributed by atoms with Crippen molar-refractivity contribution in [2.75, 3.05) is 0 Å². The average molecular weight is 353 g/mol. The SMILES string of the molecule is O=C(C[C@@H]1S/C(=N\N=C/c2ccccc2O)NC1=O)c1ccccc1. The number of para-hydroxylation sites is 1. The van der Waals surface area contributed by atoms with E-state index in [0.29, 0.717) is 16.3 Å². The maximum atomic E-state index is 12.2. The molecule has 6 nitrogen and oxygen atoms in total. The van der Waals surface area contributed by atoms with Crippen LogP contribution in [0.5, 0.6) is 5.75 Å². The topological polar surface area (TPSA) is 91.1 Å². The van der Waals surface area contributed by atoms with Gasteiger partial charge in [0.25, 0.3) is 0 Å². The number of amides is 1. The highest BCUT2D eigenvalue weighted by Crippen LogP contribution is 2.24. The second kappa shape index (κ2) is 7.76. The van der Waals surface area contributed by atoms with E-state index in [1.54, 1.807) is 48.5 Å². The maximum Gasteiger partial charge on any atom is 0.240 e. The van der Waals surface area contributed by atoms with Crippen LogP contribution in [-0.4, -0.2) is 33.4 Å². The van der Waals surface area contributed by atoms with Gasteiger partial charge >= 0.3 is 0 Å². The normalized spacial score (nSPS) is 18.6. The number of aromatic hydroxyl groups is 1. The fourth-order valence-corrected chi connectivity index (χ4v) is 3.16. The third-order valence-corrected chi connectivity index (χ3v) is 4.60. The molecule has 0 aliphatic carbocycles. The average Bonchev–Trinajstić information content (AvgIpc) is 2.97. The number of Topliss-reactive ketones (excluding diaryl/α,β-unsaturated/α-hetero) is 1. The fraction of sp³-hybridized carbons (Fsp3) is 0.111. The summed E-state index contributed by atoms with van der Waals surface area (Å²) in [6, 6.07) is 15.6. The summed E-state index contributed by atoms with van der Waals surface area (Å²) in [4.78, 5) is 24.2. The molecule has 3 rings (SSSR count). The van der Waals surface area contributed by atoms with E-state index < -0.39 is 5.25 Å². The van der Waals surface area contributed by atoms with E-state index in [-0.39, 0.29) is 23.9 Å². The molecule has 1 aliphatic rings. The fourth-order valence-electron chi connectivity index (χ4n) is 2.24. The lowest BCUT2D eigenvalue weighted by Gasteiger charge is -2.04. The first-order chi connectivity index (χ1) is 12.1.